The number of nitro groups is 1. The highest BCUT2D eigenvalue weighted by Gasteiger charge is 2.33. The summed E-state index contributed by atoms with van der Waals surface area (Å²) in [5, 5.41) is 10.9. The molecule has 1 unspecified atom stereocenters. The summed E-state index contributed by atoms with van der Waals surface area (Å²) in [6.07, 6.45) is 0.347. The van der Waals surface area contributed by atoms with Crippen LogP contribution < -0.4 is 4.31 Å². The summed E-state index contributed by atoms with van der Waals surface area (Å²) in [6.45, 7) is 0.251. The van der Waals surface area contributed by atoms with Crippen molar-refractivity contribution in [2.45, 2.75) is 17.4 Å². The number of nitro benzene ring substituents is 1. The number of nitrogens with zero attached hydrogens (tertiary/aromatic N) is 2. The lowest BCUT2D eigenvalue weighted by atomic mass is 10.0. The SMILES string of the molecule is COC1CCN(S(=O)(=O)c2cccc([N+](=O)[O-])c2)c2ccccc21. The van der Waals surface area contributed by atoms with E-state index in [1.165, 1.54) is 22.5 Å². The molecular weight excluding hydrogens is 332 g/mol. The highest BCUT2D eigenvalue weighted by Crippen LogP contribution is 2.38. The zero-order valence-corrected chi connectivity index (χ0v) is 13.8. The van der Waals surface area contributed by atoms with Gasteiger partial charge in [0.25, 0.3) is 15.7 Å². The largest absolute Gasteiger partial charge is 0.377 e. The lowest BCUT2D eigenvalue weighted by molar-refractivity contribution is -0.385. The second-order valence-corrected chi connectivity index (χ2v) is 7.27. The van der Waals surface area contributed by atoms with Gasteiger partial charge in [0.2, 0.25) is 0 Å². The van der Waals surface area contributed by atoms with Crippen molar-refractivity contribution in [1.29, 1.82) is 0 Å². The molecule has 0 N–H and O–H groups in total. The van der Waals surface area contributed by atoms with Crippen molar-refractivity contribution in [2.75, 3.05) is 18.0 Å². The van der Waals surface area contributed by atoms with E-state index in [4.69, 9.17) is 4.74 Å². The molecule has 24 heavy (non-hydrogen) atoms. The van der Waals surface area contributed by atoms with Crippen molar-refractivity contribution in [1.82, 2.24) is 0 Å². The molecule has 0 fully saturated rings. The first-order valence-corrected chi connectivity index (χ1v) is 8.78. The second-order valence-electron chi connectivity index (χ2n) is 5.40. The van der Waals surface area contributed by atoms with Gasteiger partial charge in [-0.15, -0.1) is 0 Å². The fourth-order valence-electron chi connectivity index (χ4n) is 2.88. The number of methoxy groups -OCH3 is 1. The van der Waals surface area contributed by atoms with Gasteiger partial charge in [-0.05, 0) is 18.6 Å². The average molecular weight is 348 g/mol. The van der Waals surface area contributed by atoms with Crippen LogP contribution in [0, 0.1) is 10.1 Å². The molecule has 0 spiro atoms. The van der Waals surface area contributed by atoms with Crippen LogP contribution in [-0.4, -0.2) is 27.0 Å². The van der Waals surface area contributed by atoms with E-state index in [2.05, 4.69) is 0 Å². The predicted molar refractivity (Wildman–Crippen MR) is 88.4 cm³/mol. The maximum absolute atomic E-state index is 13.0. The van der Waals surface area contributed by atoms with Gasteiger partial charge in [0.1, 0.15) is 0 Å². The number of para-hydroxylation sites is 1. The van der Waals surface area contributed by atoms with Crippen LogP contribution >= 0.6 is 0 Å². The lowest BCUT2D eigenvalue weighted by Crippen LogP contribution is -2.37. The Bertz CT molecular complexity index is 882. The van der Waals surface area contributed by atoms with Gasteiger partial charge in [-0.1, -0.05) is 24.3 Å². The van der Waals surface area contributed by atoms with E-state index in [0.717, 1.165) is 11.6 Å². The molecule has 0 aromatic heterocycles. The molecule has 1 aliphatic rings. The molecule has 126 valence electrons. The van der Waals surface area contributed by atoms with Crippen molar-refractivity contribution >= 4 is 21.4 Å². The average Bonchev–Trinajstić information content (AvgIpc) is 2.60. The first-order chi connectivity index (χ1) is 11.4. The van der Waals surface area contributed by atoms with Gasteiger partial charge in [-0.2, -0.15) is 0 Å². The summed E-state index contributed by atoms with van der Waals surface area (Å²) < 4.78 is 32.7. The third-order valence-corrected chi connectivity index (χ3v) is 5.86. The third-order valence-electron chi connectivity index (χ3n) is 4.05. The third kappa shape index (κ3) is 2.74. The van der Waals surface area contributed by atoms with Crippen LogP contribution in [0.3, 0.4) is 0 Å². The minimum Gasteiger partial charge on any atom is -0.377 e. The standard InChI is InChI=1S/C16H16N2O5S/c1-23-16-9-10-17(15-8-3-2-7-14(15)16)24(21,22)13-6-4-5-12(11-13)18(19)20/h2-8,11,16H,9-10H2,1H3. The topological polar surface area (TPSA) is 89.8 Å². The van der Waals surface area contributed by atoms with Crippen LogP contribution in [0.2, 0.25) is 0 Å². The zero-order chi connectivity index (χ0) is 17.3. The minimum absolute atomic E-state index is 0.0950. The van der Waals surface area contributed by atoms with Crippen LogP contribution in [0.5, 0.6) is 0 Å². The molecular formula is C16H16N2O5S. The van der Waals surface area contributed by atoms with E-state index < -0.39 is 14.9 Å². The fraction of sp³-hybridized carbons (Fsp3) is 0.250. The molecule has 0 amide bonds. The van der Waals surface area contributed by atoms with E-state index >= 15 is 0 Å². The highest BCUT2D eigenvalue weighted by atomic mass is 32.2. The van der Waals surface area contributed by atoms with Crippen molar-refractivity contribution in [2.24, 2.45) is 0 Å². The van der Waals surface area contributed by atoms with Crippen molar-refractivity contribution in [3.05, 3.63) is 64.2 Å². The Morgan fingerprint density at radius 1 is 1.21 bits per heavy atom. The lowest BCUT2D eigenvalue weighted by Gasteiger charge is -2.34. The number of fused-ring (bicyclic) bond motifs is 1. The second kappa shape index (κ2) is 6.21. The molecule has 8 heteroatoms. The van der Waals surface area contributed by atoms with Crippen LogP contribution in [0.15, 0.2) is 53.4 Å². The Hall–Kier alpha value is -2.45. The molecule has 2 aromatic rings. The monoisotopic (exact) mass is 348 g/mol. The first kappa shape index (κ1) is 16.4. The Balaban J connectivity index is 2.08. The molecule has 0 bridgehead atoms. The highest BCUT2D eigenvalue weighted by molar-refractivity contribution is 7.92. The molecule has 7 nitrogen and oxygen atoms in total. The van der Waals surface area contributed by atoms with Crippen LogP contribution in [0.1, 0.15) is 18.1 Å². The molecule has 1 atom stereocenters. The summed E-state index contributed by atoms with van der Waals surface area (Å²) in [5.74, 6) is 0. The van der Waals surface area contributed by atoms with Gasteiger partial charge in [0.05, 0.1) is 21.6 Å². The van der Waals surface area contributed by atoms with E-state index in [-0.39, 0.29) is 23.2 Å². The quantitative estimate of drug-likeness (QED) is 0.626. The zero-order valence-electron chi connectivity index (χ0n) is 13.0. The van der Waals surface area contributed by atoms with Gasteiger partial charge in [-0.25, -0.2) is 8.42 Å². The molecule has 0 saturated heterocycles. The van der Waals surface area contributed by atoms with Gasteiger partial charge >= 0.3 is 0 Å². The van der Waals surface area contributed by atoms with E-state index in [1.807, 2.05) is 12.1 Å². The number of benzene rings is 2. The van der Waals surface area contributed by atoms with Crippen molar-refractivity contribution < 1.29 is 18.1 Å². The molecule has 3 rings (SSSR count). The van der Waals surface area contributed by atoms with Gasteiger partial charge < -0.3 is 4.74 Å². The Morgan fingerprint density at radius 2 is 1.96 bits per heavy atom. The number of hydrogen-bond acceptors (Lipinski definition) is 5. The summed E-state index contributed by atoms with van der Waals surface area (Å²) in [4.78, 5) is 10.2. The summed E-state index contributed by atoms with van der Waals surface area (Å²) in [5.41, 5.74) is 1.08. The first-order valence-electron chi connectivity index (χ1n) is 7.34. The van der Waals surface area contributed by atoms with Crippen molar-refractivity contribution in [3.8, 4) is 0 Å². The van der Waals surface area contributed by atoms with Crippen LogP contribution in [0.25, 0.3) is 0 Å². The Kier molecular flexibility index (Phi) is 4.25. The maximum Gasteiger partial charge on any atom is 0.270 e. The van der Waals surface area contributed by atoms with E-state index in [9.17, 15) is 18.5 Å². The molecule has 0 aliphatic carbocycles. The number of anilines is 1. The predicted octanol–water partition coefficient (Wildman–Crippen LogP) is 2.88. The van der Waals surface area contributed by atoms with E-state index in [0.29, 0.717) is 12.1 Å². The smallest absolute Gasteiger partial charge is 0.270 e. The fourth-order valence-corrected chi connectivity index (χ4v) is 4.42. The number of ether oxygens (including phenoxy) is 1. The van der Waals surface area contributed by atoms with Gasteiger partial charge in [-0.3, -0.25) is 14.4 Å². The van der Waals surface area contributed by atoms with Gasteiger partial charge in [0.15, 0.2) is 0 Å². The number of non-ortho nitro benzene ring substituents is 1. The van der Waals surface area contributed by atoms with Gasteiger partial charge in [0, 0.05) is 31.4 Å². The number of hydrogen-bond donors (Lipinski definition) is 0. The van der Waals surface area contributed by atoms with Crippen LogP contribution in [0.4, 0.5) is 11.4 Å². The number of rotatable bonds is 4. The molecule has 0 saturated carbocycles. The molecule has 1 heterocycles. The summed E-state index contributed by atoms with van der Waals surface area (Å²) in [6, 6.07) is 12.2. The maximum atomic E-state index is 13.0. The summed E-state index contributed by atoms with van der Waals surface area (Å²) in [7, 11) is -2.30. The number of sulfonamides is 1. The molecule has 0 radical (unpaired) electrons. The molecule has 2 aromatic carbocycles. The normalized spacial score (nSPS) is 17.4. The Labute approximate surface area is 139 Å². The van der Waals surface area contributed by atoms with E-state index in [1.54, 1.807) is 19.2 Å². The minimum atomic E-state index is -3.89. The molecule has 1 aliphatic heterocycles. The Morgan fingerprint density at radius 3 is 2.67 bits per heavy atom. The van der Waals surface area contributed by atoms with Crippen LogP contribution in [-0.2, 0) is 14.8 Å². The summed E-state index contributed by atoms with van der Waals surface area (Å²) >= 11 is 0. The van der Waals surface area contributed by atoms with Crippen molar-refractivity contribution in [3.63, 3.8) is 0 Å².